The molecule has 3 saturated carbocycles. The summed E-state index contributed by atoms with van der Waals surface area (Å²) in [6.07, 6.45) is 2.32. The van der Waals surface area contributed by atoms with Crippen LogP contribution in [0.5, 0.6) is 5.75 Å². The Bertz CT molecular complexity index is 1690. The van der Waals surface area contributed by atoms with E-state index in [-0.39, 0.29) is 41.2 Å². The standard InChI is InChI=1S/C30H27F2N3O6S/c1-39-30(38)41-14-40-28-24(36)11-23(35-27(28)29(37)34(13-33-35)22-8-15-6-17(22)7-15)19-10-21(31)26(32)20-12-42-25-5-3-2-4-16(25)9-18(19)20/h2-5,10-11,15,17,22,33H,6-9,12-14H2,1H3. The maximum Gasteiger partial charge on any atom is 0.510 e. The first kappa shape index (κ1) is 26.8. The molecule has 12 heteroatoms. The molecule has 1 aromatic heterocycles. The fraction of sp³-hybridized carbons (Fsp3) is 0.367. The highest BCUT2D eigenvalue weighted by atomic mass is 32.2. The van der Waals surface area contributed by atoms with E-state index in [9.17, 15) is 14.4 Å². The summed E-state index contributed by atoms with van der Waals surface area (Å²) < 4.78 is 46.6. The van der Waals surface area contributed by atoms with Crippen molar-refractivity contribution in [3.05, 3.63) is 80.6 Å². The van der Waals surface area contributed by atoms with Crippen LogP contribution in [0.15, 0.2) is 46.1 Å². The van der Waals surface area contributed by atoms with Gasteiger partial charge in [-0.3, -0.25) is 9.59 Å². The third-order valence-corrected chi connectivity index (χ3v) is 9.94. The molecule has 1 atom stereocenters. The van der Waals surface area contributed by atoms with E-state index in [0.29, 0.717) is 29.4 Å². The second kappa shape index (κ2) is 10.3. The molecule has 0 saturated heterocycles. The molecule has 2 aliphatic heterocycles. The zero-order chi connectivity index (χ0) is 29.1. The number of rotatable bonds is 5. The van der Waals surface area contributed by atoms with Gasteiger partial charge < -0.3 is 24.5 Å². The number of fused-ring (bicyclic) bond motifs is 4. The highest BCUT2D eigenvalue weighted by Gasteiger charge is 2.49. The van der Waals surface area contributed by atoms with Crippen molar-refractivity contribution < 1.29 is 32.6 Å². The zero-order valence-electron chi connectivity index (χ0n) is 22.7. The Morgan fingerprint density at radius 2 is 1.93 bits per heavy atom. The lowest BCUT2D eigenvalue weighted by Crippen LogP contribution is -2.52. The minimum absolute atomic E-state index is 0.0229. The normalized spacial score (nSPS) is 21.7. The summed E-state index contributed by atoms with van der Waals surface area (Å²) in [5, 5.41) is 0. The molecule has 0 radical (unpaired) electrons. The molecule has 3 aromatic rings. The molecular weight excluding hydrogens is 568 g/mol. The average Bonchev–Trinajstić information content (AvgIpc) is 3.52. The van der Waals surface area contributed by atoms with Crippen LogP contribution >= 0.6 is 11.8 Å². The van der Waals surface area contributed by atoms with E-state index in [4.69, 9.17) is 9.47 Å². The Labute approximate surface area is 243 Å². The number of ether oxygens (including phenoxy) is 3. The number of amides is 1. The molecule has 1 amide bonds. The van der Waals surface area contributed by atoms with E-state index in [1.807, 2.05) is 24.3 Å². The highest BCUT2D eigenvalue weighted by molar-refractivity contribution is 7.98. The van der Waals surface area contributed by atoms with Crippen LogP contribution < -0.4 is 15.6 Å². The number of aromatic nitrogens is 1. The van der Waals surface area contributed by atoms with Gasteiger partial charge in [-0.15, -0.1) is 11.8 Å². The Kier molecular flexibility index (Phi) is 6.60. The molecule has 0 spiro atoms. The van der Waals surface area contributed by atoms with Gasteiger partial charge in [0, 0.05) is 33.9 Å². The Morgan fingerprint density at radius 1 is 1.12 bits per heavy atom. The number of halogens is 2. The summed E-state index contributed by atoms with van der Waals surface area (Å²) in [7, 11) is 1.13. The van der Waals surface area contributed by atoms with Crippen LogP contribution in [0, 0.1) is 23.5 Å². The number of carbonyl (C=O) groups excluding carboxylic acids is 2. The lowest BCUT2D eigenvalue weighted by Gasteiger charge is -2.38. The van der Waals surface area contributed by atoms with Gasteiger partial charge in [0.1, 0.15) is 6.67 Å². The second-order valence-electron chi connectivity index (χ2n) is 11.0. The minimum Gasteiger partial charge on any atom is -0.451 e. The van der Waals surface area contributed by atoms with Crippen LogP contribution in [0.4, 0.5) is 13.6 Å². The molecule has 5 aliphatic rings. The SMILES string of the molecule is COC(=O)OCOc1c2n(c(-c3cc(F)c(F)c4c3Cc3ccccc3SC4)cc1=O)NCN(C1CC3CC1C3)C2=O. The van der Waals surface area contributed by atoms with Gasteiger partial charge in [0.25, 0.3) is 5.91 Å². The lowest BCUT2D eigenvalue weighted by molar-refractivity contribution is 0.0135. The van der Waals surface area contributed by atoms with Crippen molar-refractivity contribution in [1.82, 2.24) is 9.58 Å². The van der Waals surface area contributed by atoms with Gasteiger partial charge in [0.2, 0.25) is 18.0 Å². The minimum atomic E-state index is -1.04. The first-order valence-electron chi connectivity index (χ1n) is 13.7. The Hall–Kier alpha value is -4.06. The number of benzene rings is 2. The first-order valence-corrected chi connectivity index (χ1v) is 14.7. The molecule has 42 heavy (non-hydrogen) atoms. The smallest absolute Gasteiger partial charge is 0.451 e. The van der Waals surface area contributed by atoms with E-state index in [0.717, 1.165) is 42.9 Å². The number of carbonyl (C=O) groups is 2. The third kappa shape index (κ3) is 4.31. The summed E-state index contributed by atoms with van der Waals surface area (Å²) >= 11 is 1.42. The number of pyridine rings is 1. The van der Waals surface area contributed by atoms with Gasteiger partial charge in [-0.1, -0.05) is 18.2 Å². The summed E-state index contributed by atoms with van der Waals surface area (Å²) in [6.45, 7) is -0.498. The molecule has 3 aliphatic carbocycles. The topological polar surface area (TPSA) is 99.1 Å². The van der Waals surface area contributed by atoms with E-state index >= 15 is 8.78 Å². The number of hydrogen-bond donors (Lipinski definition) is 1. The van der Waals surface area contributed by atoms with E-state index in [1.165, 1.54) is 22.5 Å². The van der Waals surface area contributed by atoms with Crippen LogP contribution in [0.3, 0.4) is 0 Å². The monoisotopic (exact) mass is 595 g/mol. The van der Waals surface area contributed by atoms with Crippen molar-refractivity contribution in [2.24, 2.45) is 11.8 Å². The van der Waals surface area contributed by atoms with Crippen molar-refractivity contribution >= 4 is 23.8 Å². The predicted octanol–water partition coefficient (Wildman–Crippen LogP) is 4.86. The van der Waals surface area contributed by atoms with Crippen LogP contribution in [0.2, 0.25) is 0 Å². The maximum absolute atomic E-state index is 15.2. The lowest BCUT2D eigenvalue weighted by atomic mass is 9.84. The molecule has 1 N–H and O–H groups in total. The van der Waals surface area contributed by atoms with Crippen LogP contribution in [-0.4, -0.2) is 48.3 Å². The van der Waals surface area contributed by atoms with Crippen molar-refractivity contribution in [3.63, 3.8) is 0 Å². The van der Waals surface area contributed by atoms with Gasteiger partial charge in [-0.2, -0.15) is 0 Å². The number of hydrogen-bond acceptors (Lipinski definition) is 8. The van der Waals surface area contributed by atoms with Crippen LogP contribution in [0.1, 0.15) is 46.4 Å². The summed E-state index contributed by atoms with van der Waals surface area (Å²) in [6, 6.07) is 10.0. The van der Waals surface area contributed by atoms with Gasteiger partial charge in [0.15, 0.2) is 17.3 Å². The molecule has 9 nitrogen and oxygen atoms in total. The van der Waals surface area contributed by atoms with Crippen molar-refractivity contribution in [3.8, 4) is 17.0 Å². The van der Waals surface area contributed by atoms with Crippen molar-refractivity contribution in [2.75, 3.05) is 26.0 Å². The van der Waals surface area contributed by atoms with Gasteiger partial charge >= 0.3 is 6.16 Å². The first-order chi connectivity index (χ1) is 20.3. The Balaban J connectivity index is 1.38. The van der Waals surface area contributed by atoms with E-state index < -0.39 is 35.9 Å². The number of nitrogens with zero attached hydrogens (tertiary/aromatic N) is 2. The molecule has 2 aromatic carbocycles. The van der Waals surface area contributed by atoms with E-state index in [1.54, 1.807) is 4.90 Å². The Morgan fingerprint density at radius 3 is 2.69 bits per heavy atom. The van der Waals surface area contributed by atoms with Crippen LogP contribution in [0.25, 0.3) is 11.3 Å². The fourth-order valence-corrected chi connectivity index (χ4v) is 7.84. The number of nitrogens with one attached hydrogen (secondary N) is 1. The fourth-order valence-electron chi connectivity index (χ4n) is 6.74. The van der Waals surface area contributed by atoms with Gasteiger partial charge in [0.05, 0.1) is 12.8 Å². The summed E-state index contributed by atoms with van der Waals surface area (Å²) in [5.74, 6) is -1.52. The molecule has 2 bridgehead atoms. The zero-order valence-corrected chi connectivity index (χ0v) is 23.5. The molecule has 218 valence electrons. The van der Waals surface area contributed by atoms with Gasteiger partial charge in [-0.25, -0.2) is 18.3 Å². The second-order valence-corrected chi connectivity index (χ2v) is 12.0. The third-order valence-electron chi connectivity index (χ3n) is 8.79. The average molecular weight is 596 g/mol. The number of thioether (sulfide) groups is 1. The quantitative estimate of drug-likeness (QED) is 0.330. The van der Waals surface area contributed by atoms with Crippen molar-refractivity contribution in [1.29, 1.82) is 0 Å². The van der Waals surface area contributed by atoms with Crippen molar-refractivity contribution in [2.45, 2.75) is 42.4 Å². The van der Waals surface area contributed by atoms with E-state index in [2.05, 4.69) is 10.2 Å². The van der Waals surface area contributed by atoms with Gasteiger partial charge in [-0.05, 0) is 60.8 Å². The summed E-state index contributed by atoms with van der Waals surface area (Å²) in [4.78, 5) is 41.8. The molecule has 3 heterocycles. The molecular formula is C30H27F2N3O6S. The largest absolute Gasteiger partial charge is 0.510 e. The summed E-state index contributed by atoms with van der Waals surface area (Å²) in [5.41, 5.74) is 4.68. The maximum atomic E-state index is 15.2. The molecule has 1 unspecified atom stereocenters. The number of methoxy groups -OCH3 is 1. The predicted molar refractivity (Wildman–Crippen MR) is 149 cm³/mol. The van der Waals surface area contributed by atoms with Crippen LogP contribution in [-0.2, 0) is 21.6 Å². The molecule has 8 rings (SSSR count). The highest BCUT2D eigenvalue weighted by Crippen LogP contribution is 2.51. The molecule has 3 fully saturated rings.